The largest absolute Gasteiger partial charge is 0.491 e. The highest BCUT2D eigenvalue weighted by Gasteiger charge is 2.14. The average Bonchev–Trinajstić information content (AvgIpc) is 2.59. The second-order valence-corrected chi connectivity index (χ2v) is 7.64. The first-order valence-corrected chi connectivity index (χ1v) is 9.58. The third-order valence-corrected chi connectivity index (χ3v) is 4.51. The van der Waals surface area contributed by atoms with Crippen molar-refractivity contribution in [3.05, 3.63) is 65.2 Å². The average molecular weight is 356 g/mol. The van der Waals surface area contributed by atoms with Crippen molar-refractivity contribution in [2.75, 3.05) is 19.7 Å². The minimum absolute atomic E-state index is 0.316. The lowest BCUT2D eigenvalue weighted by molar-refractivity contribution is 0.0637. The van der Waals surface area contributed by atoms with Gasteiger partial charge in [0.15, 0.2) is 0 Å². The Labute approximate surface area is 158 Å². The summed E-state index contributed by atoms with van der Waals surface area (Å²) in [6.45, 7) is 11.4. The zero-order valence-corrected chi connectivity index (χ0v) is 16.6. The number of para-hydroxylation sites is 1. The van der Waals surface area contributed by atoms with Crippen LogP contribution in [0.25, 0.3) is 0 Å². The fourth-order valence-electron chi connectivity index (χ4n) is 3.00. The lowest BCUT2D eigenvalue weighted by atomic mass is 10.1. The van der Waals surface area contributed by atoms with E-state index in [1.165, 1.54) is 11.1 Å². The SMILES string of the molecule is Cc1cccc(CN(CCC(C)C)C[C@@H](O)COc2ccccc2C)c1. The maximum atomic E-state index is 10.5. The molecule has 2 aromatic carbocycles. The number of aryl methyl sites for hydroxylation is 2. The van der Waals surface area contributed by atoms with Crippen molar-refractivity contribution in [2.45, 2.75) is 46.8 Å². The molecule has 2 rings (SSSR count). The highest BCUT2D eigenvalue weighted by molar-refractivity contribution is 5.31. The van der Waals surface area contributed by atoms with Gasteiger partial charge in [-0.25, -0.2) is 0 Å². The summed E-state index contributed by atoms with van der Waals surface area (Å²) in [6, 6.07) is 16.5. The maximum absolute atomic E-state index is 10.5. The van der Waals surface area contributed by atoms with E-state index >= 15 is 0 Å². The van der Waals surface area contributed by atoms with Crippen LogP contribution >= 0.6 is 0 Å². The molecule has 0 heterocycles. The number of aliphatic hydroxyl groups is 1. The van der Waals surface area contributed by atoms with Gasteiger partial charge in [0.2, 0.25) is 0 Å². The maximum Gasteiger partial charge on any atom is 0.122 e. The molecule has 142 valence electrons. The molecule has 0 spiro atoms. The lowest BCUT2D eigenvalue weighted by Crippen LogP contribution is -2.36. The van der Waals surface area contributed by atoms with Crippen molar-refractivity contribution in [3.8, 4) is 5.75 Å². The predicted octanol–water partition coefficient (Wildman–Crippen LogP) is 4.59. The van der Waals surface area contributed by atoms with Crippen molar-refractivity contribution >= 4 is 0 Å². The van der Waals surface area contributed by atoms with Crippen LogP contribution in [0, 0.1) is 19.8 Å². The van der Waals surface area contributed by atoms with Gasteiger partial charge in [-0.05, 0) is 49.9 Å². The molecule has 0 amide bonds. The Bertz CT molecular complexity index is 669. The second-order valence-electron chi connectivity index (χ2n) is 7.64. The summed E-state index contributed by atoms with van der Waals surface area (Å²) in [7, 11) is 0. The van der Waals surface area contributed by atoms with E-state index < -0.39 is 6.10 Å². The molecule has 0 radical (unpaired) electrons. The molecule has 26 heavy (non-hydrogen) atoms. The van der Waals surface area contributed by atoms with Crippen LogP contribution in [0.2, 0.25) is 0 Å². The van der Waals surface area contributed by atoms with Crippen LogP contribution in [0.4, 0.5) is 0 Å². The van der Waals surface area contributed by atoms with Gasteiger partial charge in [0, 0.05) is 13.1 Å². The molecule has 0 aromatic heterocycles. The standard InChI is InChI=1S/C23H33NO2/c1-18(2)12-13-24(15-21-10-7-8-19(3)14-21)16-22(25)17-26-23-11-6-5-9-20(23)4/h5-11,14,18,22,25H,12-13,15-17H2,1-4H3/t22-/m1/s1. The molecule has 0 bridgehead atoms. The van der Waals surface area contributed by atoms with Crippen molar-refractivity contribution in [2.24, 2.45) is 5.92 Å². The third-order valence-electron chi connectivity index (χ3n) is 4.51. The van der Waals surface area contributed by atoms with Crippen LogP contribution in [0.3, 0.4) is 0 Å². The van der Waals surface area contributed by atoms with Crippen LogP contribution in [0.15, 0.2) is 48.5 Å². The van der Waals surface area contributed by atoms with E-state index in [-0.39, 0.29) is 0 Å². The van der Waals surface area contributed by atoms with E-state index in [1.807, 2.05) is 31.2 Å². The fraction of sp³-hybridized carbons (Fsp3) is 0.478. The van der Waals surface area contributed by atoms with Crippen molar-refractivity contribution in [3.63, 3.8) is 0 Å². The molecule has 0 aliphatic heterocycles. The highest BCUT2D eigenvalue weighted by Crippen LogP contribution is 2.17. The molecule has 3 heteroatoms. The summed E-state index contributed by atoms with van der Waals surface area (Å²) in [5.41, 5.74) is 3.66. The van der Waals surface area contributed by atoms with Crippen molar-refractivity contribution < 1.29 is 9.84 Å². The van der Waals surface area contributed by atoms with Gasteiger partial charge >= 0.3 is 0 Å². The van der Waals surface area contributed by atoms with E-state index in [4.69, 9.17) is 4.74 Å². The monoisotopic (exact) mass is 355 g/mol. The number of benzene rings is 2. The van der Waals surface area contributed by atoms with Gasteiger partial charge < -0.3 is 9.84 Å². The molecule has 0 saturated heterocycles. The van der Waals surface area contributed by atoms with E-state index in [0.29, 0.717) is 19.1 Å². The normalized spacial score (nSPS) is 12.6. The quantitative estimate of drug-likeness (QED) is 0.676. The number of rotatable bonds is 10. The van der Waals surface area contributed by atoms with Gasteiger partial charge in [-0.15, -0.1) is 0 Å². The Morgan fingerprint density at radius 1 is 1.04 bits per heavy atom. The smallest absolute Gasteiger partial charge is 0.122 e. The van der Waals surface area contributed by atoms with Crippen LogP contribution in [-0.2, 0) is 6.54 Å². The Balaban J connectivity index is 1.92. The zero-order valence-electron chi connectivity index (χ0n) is 16.6. The van der Waals surface area contributed by atoms with Gasteiger partial charge in [-0.1, -0.05) is 61.9 Å². The zero-order chi connectivity index (χ0) is 18.9. The van der Waals surface area contributed by atoms with Crippen LogP contribution < -0.4 is 4.74 Å². The summed E-state index contributed by atoms with van der Waals surface area (Å²) < 4.78 is 5.82. The van der Waals surface area contributed by atoms with Crippen LogP contribution in [0.1, 0.15) is 37.0 Å². The summed E-state index contributed by atoms with van der Waals surface area (Å²) >= 11 is 0. The first-order valence-electron chi connectivity index (χ1n) is 9.58. The molecule has 0 aliphatic carbocycles. The molecule has 1 atom stereocenters. The number of ether oxygens (including phenoxy) is 1. The fourth-order valence-corrected chi connectivity index (χ4v) is 3.00. The van der Waals surface area contributed by atoms with E-state index in [2.05, 4.69) is 49.9 Å². The minimum Gasteiger partial charge on any atom is -0.491 e. The lowest BCUT2D eigenvalue weighted by Gasteiger charge is -2.26. The number of hydrogen-bond acceptors (Lipinski definition) is 3. The number of nitrogens with zero attached hydrogens (tertiary/aromatic N) is 1. The number of aliphatic hydroxyl groups excluding tert-OH is 1. The van der Waals surface area contributed by atoms with Crippen LogP contribution in [-0.4, -0.2) is 35.8 Å². The molecule has 0 aliphatic rings. The van der Waals surface area contributed by atoms with Gasteiger partial charge in [0.25, 0.3) is 0 Å². The van der Waals surface area contributed by atoms with Gasteiger partial charge in [0.1, 0.15) is 18.5 Å². The summed E-state index contributed by atoms with van der Waals surface area (Å²) in [6.07, 6.45) is 0.614. The van der Waals surface area contributed by atoms with Gasteiger partial charge in [-0.2, -0.15) is 0 Å². The predicted molar refractivity (Wildman–Crippen MR) is 109 cm³/mol. The Hall–Kier alpha value is -1.84. The Morgan fingerprint density at radius 3 is 2.50 bits per heavy atom. The first kappa shape index (κ1) is 20.5. The molecule has 1 N–H and O–H groups in total. The van der Waals surface area contributed by atoms with Crippen molar-refractivity contribution in [1.29, 1.82) is 0 Å². The molecule has 0 saturated carbocycles. The summed E-state index contributed by atoms with van der Waals surface area (Å²) in [5, 5.41) is 10.5. The molecule has 0 unspecified atom stereocenters. The molecule has 0 fully saturated rings. The highest BCUT2D eigenvalue weighted by atomic mass is 16.5. The topological polar surface area (TPSA) is 32.7 Å². The summed E-state index contributed by atoms with van der Waals surface area (Å²) in [5.74, 6) is 1.49. The van der Waals surface area contributed by atoms with E-state index in [0.717, 1.165) is 30.8 Å². The third kappa shape index (κ3) is 7.19. The number of hydrogen-bond donors (Lipinski definition) is 1. The van der Waals surface area contributed by atoms with Gasteiger partial charge in [-0.3, -0.25) is 4.90 Å². The molecule has 2 aromatic rings. The first-order chi connectivity index (χ1) is 12.4. The second kappa shape index (κ2) is 10.3. The Morgan fingerprint density at radius 2 is 1.81 bits per heavy atom. The minimum atomic E-state index is -0.508. The van der Waals surface area contributed by atoms with E-state index in [1.54, 1.807) is 0 Å². The van der Waals surface area contributed by atoms with Crippen molar-refractivity contribution in [1.82, 2.24) is 4.90 Å². The van der Waals surface area contributed by atoms with Gasteiger partial charge in [0.05, 0.1) is 0 Å². The molecule has 3 nitrogen and oxygen atoms in total. The van der Waals surface area contributed by atoms with Crippen LogP contribution in [0.5, 0.6) is 5.75 Å². The molecular formula is C23H33NO2. The molecular weight excluding hydrogens is 322 g/mol. The van der Waals surface area contributed by atoms with E-state index in [9.17, 15) is 5.11 Å². The summed E-state index contributed by atoms with van der Waals surface area (Å²) in [4.78, 5) is 2.33. The Kier molecular flexibility index (Phi) is 8.14.